The zero-order chi connectivity index (χ0) is 7.68. The van der Waals surface area contributed by atoms with Crippen LogP contribution in [0.5, 0.6) is 5.75 Å². The molecule has 1 unspecified atom stereocenters. The van der Waals surface area contributed by atoms with Crippen molar-refractivity contribution in [3.8, 4) is 5.75 Å². The van der Waals surface area contributed by atoms with E-state index in [0.29, 0.717) is 4.83 Å². The predicted octanol–water partition coefficient (Wildman–Crippen LogP) is 2.39. The highest BCUT2D eigenvalue weighted by Crippen LogP contribution is 2.26. The summed E-state index contributed by atoms with van der Waals surface area (Å²) in [6.07, 6.45) is 1.08. The van der Waals surface area contributed by atoms with E-state index in [1.54, 1.807) is 0 Å². The van der Waals surface area contributed by atoms with Gasteiger partial charge in [-0.3, -0.25) is 0 Å². The molecule has 2 heteroatoms. The number of benzene rings is 1. The molecule has 0 aromatic heterocycles. The number of fused-ring (bicyclic) bond motifs is 1. The van der Waals surface area contributed by atoms with Crippen molar-refractivity contribution in [1.29, 1.82) is 0 Å². The van der Waals surface area contributed by atoms with Gasteiger partial charge in [-0.2, -0.15) is 0 Å². The lowest BCUT2D eigenvalue weighted by molar-refractivity contribution is 0.296. The fraction of sp³-hybridized carbons (Fsp3) is 0.333. The number of ether oxygens (including phenoxy) is 1. The average Bonchev–Trinajstić information content (AvgIpc) is 2.04. The fourth-order valence-corrected chi connectivity index (χ4v) is 1.77. The van der Waals surface area contributed by atoms with Crippen molar-refractivity contribution in [2.24, 2.45) is 0 Å². The molecule has 1 aliphatic rings. The lowest BCUT2D eigenvalue weighted by atomic mass is 10.1. The highest BCUT2D eigenvalue weighted by atomic mass is 79.9. The van der Waals surface area contributed by atoms with Gasteiger partial charge in [0.05, 0.1) is 4.83 Å². The van der Waals surface area contributed by atoms with E-state index in [-0.39, 0.29) is 0 Å². The van der Waals surface area contributed by atoms with Gasteiger partial charge in [0.1, 0.15) is 12.4 Å². The van der Waals surface area contributed by atoms with Gasteiger partial charge in [-0.25, -0.2) is 0 Å². The van der Waals surface area contributed by atoms with E-state index in [0.717, 1.165) is 18.8 Å². The Morgan fingerprint density at radius 3 is 3.09 bits per heavy atom. The lowest BCUT2D eigenvalue weighted by Gasteiger charge is -2.20. The summed E-state index contributed by atoms with van der Waals surface area (Å²) in [6, 6.07) is 8.19. The average molecular weight is 213 g/mol. The molecule has 1 atom stereocenters. The SMILES string of the molecule is BrC1COc2ccccc2C1. The molecule has 0 radical (unpaired) electrons. The van der Waals surface area contributed by atoms with Crippen LogP contribution in [-0.2, 0) is 6.42 Å². The van der Waals surface area contributed by atoms with E-state index >= 15 is 0 Å². The van der Waals surface area contributed by atoms with Gasteiger partial charge in [-0.1, -0.05) is 34.1 Å². The highest BCUT2D eigenvalue weighted by molar-refractivity contribution is 9.09. The predicted molar refractivity (Wildman–Crippen MR) is 48.4 cm³/mol. The first-order valence-electron chi connectivity index (χ1n) is 3.71. The lowest BCUT2D eigenvalue weighted by Crippen LogP contribution is -2.20. The molecular weight excluding hydrogens is 204 g/mol. The molecule has 0 saturated carbocycles. The second-order valence-electron chi connectivity index (χ2n) is 2.72. The number of hydrogen-bond donors (Lipinski definition) is 0. The molecule has 11 heavy (non-hydrogen) atoms. The van der Waals surface area contributed by atoms with Crippen LogP contribution in [0.2, 0.25) is 0 Å². The van der Waals surface area contributed by atoms with Gasteiger partial charge in [0, 0.05) is 0 Å². The summed E-state index contributed by atoms with van der Waals surface area (Å²) < 4.78 is 5.49. The fourth-order valence-electron chi connectivity index (χ4n) is 1.29. The topological polar surface area (TPSA) is 9.23 Å². The maximum atomic E-state index is 5.49. The van der Waals surface area contributed by atoms with Crippen molar-refractivity contribution in [3.63, 3.8) is 0 Å². The maximum absolute atomic E-state index is 5.49. The molecule has 1 nitrogen and oxygen atoms in total. The van der Waals surface area contributed by atoms with E-state index < -0.39 is 0 Å². The van der Waals surface area contributed by atoms with Crippen molar-refractivity contribution < 1.29 is 4.74 Å². The second-order valence-corrected chi connectivity index (χ2v) is 4.02. The summed E-state index contributed by atoms with van der Waals surface area (Å²) in [5.74, 6) is 1.04. The molecule has 0 spiro atoms. The summed E-state index contributed by atoms with van der Waals surface area (Å²) in [5, 5.41) is 0. The Kier molecular flexibility index (Phi) is 1.86. The maximum Gasteiger partial charge on any atom is 0.122 e. The van der Waals surface area contributed by atoms with E-state index in [1.165, 1.54) is 5.56 Å². The van der Waals surface area contributed by atoms with Crippen molar-refractivity contribution >= 4 is 15.9 Å². The first-order chi connectivity index (χ1) is 5.36. The zero-order valence-corrected chi connectivity index (χ0v) is 7.67. The molecule has 1 aromatic carbocycles. The van der Waals surface area contributed by atoms with Crippen LogP contribution in [0, 0.1) is 0 Å². The molecule has 2 rings (SSSR count). The molecule has 0 amide bonds. The van der Waals surface area contributed by atoms with Crippen molar-refractivity contribution in [1.82, 2.24) is 0 Å². The van der Waals surface area contributed by atoms with Crippen LogP contribution in [0.25, 0.3) is 0 Å². The van der Waals surface area contributed by atoms with Crippen molar-refractivity contribution in [2.75, 3.05) is 6.61 Å². The minimum Gasteiger partial charge on any atom is -0.492 e. The third-order valence-electron chi connectivity index (χ3n) is 1.83. The van der Waals surface area contributed by atoms with Crippen LogP contribution in [0.4, 0.5) is 0 Å². The molecule has 1 heterocycles. The highest BCUT2D eigenvalue weighted by Gasteiger charge is 2.15. The molecule has 1 aliphatic heterocycles. The Bertz CT molecular complexity index is 259. The first-order valence-corrected chi connectivity index (χ1v) is 4.62. The quantitative estimate of drug-likeness (QED) is 0.601. The third kappa shape index (κ3) is 1.41. The molecule has 58 valence electrons. The Morgan fingerprint density at radius 2 is 2.18 bits per heavy atom. The minimum absolute atomic E-state index is 0.484. The van der Waals surface area contributed by atoms with Crippen molar-refractivity contribution in [3.05, 3.63) is 29.8 Å². The zero-order valence-electron chi connectivity index (χ0n) is 6.09. The van der Waals surface area contributed by atoms with E-state index in [4.69, 9.17) is 4.74 Å². The second kappa shape index (κ2) is 2.86. The molecule has 0 saturated heterocycles. The molecule has 1 aromatic rings. The Balaban J connectivity index is 2.34. The number of rotatable bonds is 0. The summed E-state index contributed by atoms with van der Waals surface area (Å²) in [6.45, 7) is 0.789. The first kappa shape index (κ1) is 7.17. The summed E-state index contributed by atoms with van der Waals surface area (Å²) in [7, 11) is 0. The van der Waals surface area contributed by atoms with Gasteiger partial charge < -0.3 is 4.74 Å². The van der Waals surface area contributed by atoms with Crippen LogP contribution in [0.15, 0.2) is 24.3 Å². The van der Waals surface area contributed by atoms with Crippen LogP contribution >= 0.6 is 15.9 Å². The van der Waals surface area contributed by atoms with Crippen molar-refractivity contribution in [2.45, 2.75) is 11.2 Å². The van der Waals surface area contributed by atoms with Crippen LogP contribution < -0.4 is 4.74 Å². The molecule has 0 bridgehead atoms. The summed E-state index contributed by atoms with van der Waals surface area (Å²) in [5.41, 5.74) is 1.31. The number of para-hydroxylation sites is 1. The van der Waals surface area contributed by atoms with E-state index in [1.807, 2.05) is 18.2 Å². The van der Waals surface area contributed by atoms with Gasteiger partial charge in [-0.05, 0) is 18.1 Å². The Hall–Kier alpha value is -0.500. The largest absolute Gasteiger partial charge is 0.492 e. The molecule has 0 fully saturated rings. The smallest absolute Gasteiger partial charge is 0.122 e. The standard InChI is InChI=1S/C9H9BrO/c10-8-5-7-3-1-2-4-9(7)11-6-8/h1-4,8H,5-6H2. The number of alkyl halides is 1. The van der Waals surface area contributed by atoms with Crippen LogP contribution in [0.3, 0.4) is 0 Å². The Labute approximate surface area is 74.5 Å². The number of halogens is 1. The summed E-state index contributed by atoms with van der Waals surface area (Å²) in [4.78, 5) is 0.484. The normalized spacial score (nSPS) is 22.1. The van der Waals surface area contributed by atoms with Gasteiger partial charge in [0.25, 0.3) is 0 Å². The van der Waals surface area contributed by atoms with Crippen LogP contribution in [0.1, 0.15) is 5.56 Å². The van der Waals surface area contributed by atoms with Gasteiger partial charge in [0.2, 0.25) is 0 Å². The third-order valence-corrected chi connectivity index (χ3v) is 2.42. The van der Waals surface area contributed by atoms with Crippen LogP contribution in [-0.4, -0.2) is 11.4 Å². The minimum atomic E-state index is 0.484. The molecular formula is C9H9BrO. The van der Waals surface area contributed by atoms with Gasteiger partial charge in [0.15, 0.2) is 0 Å². The summed E-state index contributed by atoms with van der Waals surface area (Å²) >= 11 is 3.53. The van der Waals surface area contributed by atoms with Gasteiger partial charge in [-0.15, -0.1) is 0 Å². The monoisotopic (exact) mass is 212 g/mol. The van der Waals surface area contributed by atoms with E-state index in [2.05, 4.69) is 22.0 Å². The molecule has 0 N–H and O–H groups in total. The molecule has 0 aliphatic carbocycles. The van der Waals surface area contributed by atoms with E-state index in [9.17, 15) is 0 Å². The van der Waals surface area contributed by atoms with Gasteiger partial charge >= 0.3 is 0 Å². The Morgan fingerprint density at radius 1 is 1.36 bits per heavy atom. The number of hydrogen-bond acceptors (Lipinski definition) is 1.